The topological polar surface area (TPSA) is 121 Å². The minimum absolute atomic E-state index is 0.0102. The van der Waals surface area contributed by atoms with Crippen LogP contribution in [0.3, 0.4) is 0 Å². The molecular formula is C26H30N6O3. The number of piperidine rings is 1. The van der Waals surface area contributed by atoms with Crippen LogP contribution in [-0.2, 0) is 16.0 Å². The molecule has 3 atom stereocenters. The summed E-state index contributed by atoms with van der Waals surface area (Å²) in [7, 11) is 0. The van der Waals surface area contributed by atoms with Crippen LogP contribution in [0.4, 0.5) is 0 Å². The average molecular weight is 475 g/mol. The molecule has 1 aliphatic carbocycles. The average Bonchev–Trinajstić information content (AvgIpc) is 3.17. The number of ketones is 1. The molecule has 2 aliphatic rings. The first-order chi connectivity index (χ1) is 16.7. The lowest BCUT2D eigenvalue weighted by molar-refractivity contribution is -0.139. The fourth-order valence-corrected chi connectivity index (χ4v) is 5.39. The van der Waals surface area contributed by atoms with E-state index in [1.165, 1.54) is 6.92 Å². The highest BCUT2D eigenvalue weighted by Crippen LogP contribution is 2.59. The van der Waals surface area contributed by atoms with E-state index in [0.717, 1.165) is 24.0 Å². The van der Waals surface area contributed by atoms with Crippen molar-refractivity contribution in [2.45, 2.75) is 65.5 Å². The van der Waals surface area contributed by atoms with Gasteiger partial charge >= 0.3 is 0 Å². The molecular weight excluding hydrogens is 444 g/mol. The smallest absolute Gasteiger partial charge is 0.242 e. The van der Waals surface area contributed by atoms with Gasteiger partial charge in [0, 0.05) is 42.9 Å². The van der Waals surface area contributed by atoms with E-state index in [-0.39, 0.29) is 35.5 Å². The molecule has 1 saturated carbocycles. The van der Waals surface area contributed by atoms with Gasteiger partial charge in [-0.05, 0) is 48.8 Å². The Labute approximate surface area is 203 Å². The minimum Gasteiger partial charge on any atom is -0.354 e. The summed E-state index contributed by atoms with van der Waals surface area (Å²) in [5.41, 5.74) is 3.20. The Bertz CT molecular complexity index is 1330. The van der Waals surface area contributed by atoms with Crippen molar-refractivity contribution in [2.24, 2.45) is 5.41 Å². The summed E-state index contributed by atoms with van der Waals surface area (Å²) in [6.45, 7) is 8.01. The molecule has 0 unspecified atom stereocenters. The molecule has 0 bridgehead atoms. The van der Waals surface area contributed by atoms with Gasteiger partial charge in [-0.2, -0.15) is 5.10 Å². The summed E-state index contributed by atoms with van der Waals surface area (Å²) in [5.74, 6) is 0.248. The predicted octanol–water partition coefficient (Wildman–Crippen LogP) is 2.98. The maximum Gasteiger partial charge on any atom is 0.242 e. The number of hydrogen-bond acceptors (Lipinski definition) is 6. The number of fused-ring (bicyclic) bond motifs is 2. The number of H-pyrrole nitrogens is 1. The van der Waals surface area contributed by atoms with E-state index >= 15 is 0 Å². The molecule has 1 saturated heterocycles. The van der Waals surface area contributed by atoms with Crippen molar-refractivity contribution in [3.63, 3.8) is 0 Å². The number of nitrogens with zero attached hydrogens (tertiary/aromatic N) is 4. The van der Waals surface area contributed by atoms with Crippen molar-refractivity contribution < 1.29 is 14.4 Å². The van der Waals surface area contributed by atoms with Crippen LogP contribution in [0.25, 0.3) is 22.0 Å². The fraction of sp³-hybridized carbons (Fsp3) is 0.462. The number of aromatic nitrogens is 4. The maximum atomic E-state index is 13.9. The van der Waals surface area contributed by atoms with Crippen LogP contribution in [0.15, 0.2) is 24.5 Å². The standard InChI is InChI=1S/C26H30N6O3/c1-5-8-27-25(35)20-10-26(4)11-21(26)32(20)22(34)9-18-17(16-12-28-15(3)29-13-16)6-7-19-23(18)24(14(2)33)31-30-19/h6-7,12-13,20-21H,5,8-11H2,1-4H3,(H,27,35)(H,30,31)/t20-,21+,26-/m0/s1. The second-order valence-electron chi connectivity index (χ2n) is 10.0. The Morgan fingerprint density at radius 3 is 2.63 bits per heavy atom. The summed E-state index contributed by atoms with van der Waals surface area (Å²) in [6.07, 6.45) is 5.91. The van der Waals surface area contributed by atoms with Crippen LogP contribution >= 0.6 is 0 Å². The first kappa shape index (κ1) is 23.1. The number of amides is 2. The van der Waals surface area contributed by atoms with Gasteiger partial charge in [0.2, 0.25) is 11.8 Å². The quantitative estimate of drug-likeness (QED) is 0.508. The van der Waals surface area contributed by atoms with Crippen LogP contribution in [0, 0.1) is 12.3 Å². The van der Waals surface area contributed by atoms with Gasteiger partial charge in [-0.15, -0.1) is 0 Å². The Kier molecular flexibility index (Phi) is 5.65. The Morgan fingerprint density at radius 2 is 1.94 bits per heavy atom. The Morgan fingerprint density at radius 1 is 1.20 bits per heavy atom. The summed E-state index contributed by atoms with van der Waals surface area (Å²) in [6, 6.07) is 3.35. The first-order valence-corrected chi connectivity index (χ1v) is 12.1. The summed E-state index contributed by atoms with van der Waals surface area (Å²) in [5, 5.41) is 10.7. The molecule has 2 aromatic heterocycles. The molecule has 1 aromatic carbocycles. The number of Topliss-reactive ketones (excluding diaryl/α,β-unsaturated/α-hetero) is 1. The molecule has 35 heavy (non-hydrogen) atoms. The lowest BCUT2D eigenvalue weighted by atomic mass is 9.93. The van der Waals surface area contributed by atoms with Crippen LogP contribution in [0.1, 0.15) is 61.9 Å². The van der Waals surface area contributed by atoms with E-state index in [2.05, 4.69) is 32.4 Å². The fourth-order valence-electron chi connectivity index (χ4n) is 5.39. The highest BCUT2D eigenvalue weighted by molar-refractivity contribution is 6.08. The molecule has 0 spiro atoms. The number of nitrogens with one attached hydrogen (secondary N) is 2. The number of likely N-dealkylation sites (tertiary alicyclic amines) is 1. The third-order valence-electron chi connectivity index (χ3n) is 7.37. The van der Waals surface area contributed by atoms with Gasteiger partial charge in [0.25, 0.3) is 0 Å². The van der Waals surface area contributed by atoms with Crippen LogP contribution in [-0.4, -0.2) is 61.3 Å². The zero-order valence-corrected chi connectivity index (χ0v) is 20.5. The number of aryl methyl sites for hydroxylation is 1. The SMILES string of the molecule is CCCNC(=O)[C@@H]1C[C@@]2(C)C[C@H]2N1C(=O)Cc1c(-c2cnc(C)nc2)ccc2[nH]nc(C(C)=O)c12. The number of carbonyl (C=O) groups excluding carboxylic acids is 3. The number of benzene rings is 1. The Hall–Kier alpha value is -3.62. The second kappa shape index (κ2) is 8.55. The number of aromatic amines is 1. The van der Waals surface area contributed by atoms with Crippen molar-refractivity contribution in [2.75, 3.05) is 6.54 Å². The van der Waals surface area contributed by atoms with E-state index in [1.54, 1.807) is 17.3 Å². The van der Waals surface area contributed by atoms with E-state index in [1.807, 2.05) is 26.0 Å². The monoisotopic (exact) mass is 474 g/mol. The molecule has 9 heteroatoms. The van der Waals surface area contributed by atoms with Gasteiger partial charge in [0.15, 0.2) is 5.78 Å². The van der Waals surface area contributed by atoms with E-state index in [4.69, 9.17) is 0 Å². The number of hydrogen-bond donors (Lipinski definition) is 2. The molecule has 182 valence electrons. The number of rotatable bonds is 7. The molecule has 0 radical (unpaired) electrons. The maximum absolute atomic E-state index is 13.9. The van der Waals surface area contributed by atoms with Gasteiger partial charge in [0.1, 0.15) is 17.6 Å². The molecule has 3 heterocycles. The van der Waals surface area contributed by atoms with Gasteiger partial charge in [-0.3, -0.25) is 19.5 Å². The number of carbonyl (C=O) groups is 3. The van der Waals surface area contributed by atoms with E-state index in [0.29, 0.717) is 41.0 Å². The van der Waals surface area contributed by atoms with Crippen molar-refractivity contribution >= 4 is 28.5 Å². The van der Waals surface area contributed by atoms with Crippen molar-refractivity contribution in [1.29, 1.82) is 0 Å². The van der Waals surface area contributed by atoms with Crippen molar-refractivity contribution in [1.82, 2.24) is 30.4 Å². The largest absolute Gasteiger partial charge is 0.354 e. The summed E-state index contributed by atoms with van der Waals surface area (Å²) in [4.78, 5) is 49.6. The van der Waals surface area contributed by atoms with Gasteiger partial charge in [-0.1, -0.05) is 19.9 Å². The molecule has 2 fully saturated rings. The highest BCUT2D eigenvalue weighted by atomic mass is 16.2. The van der Waals surface area contributed by atoms with Gasteiger partial charge in [0.05, 0.1) is 11.9 Å². The minimum atomic E-state index is -0.472. The molecule has 9 nitrogen and oxygen atoms in total. The second-order valence-corrected chi connectivity index (χ2v) is 10.0. The molecule has 3 aromatic rings. The third-order valence-corrected chi connectivity index (χ3v) is 7.37. The van der Waals surface area contributed by atoms with Crippen molar-refractivity contribution in [3.05, 3.63) is 41.6 Å². The molecule has 2 amide bonds. The highest BCUT2D eigenvalue weighted by Gasteiger charge is 2.64. The van der Waals surface area contributed by atoms with Crippen LogP contribution in [0.2, 0.25) is 0 Å². The predicted molar refractivity (Wildman–Crippen MR) is 131 cm³/mol. The molecule has 2 N–H and O–H groups in total. The normalized spacial score (nSPS) is 22.8. The summed E-state index contributed by atoms with van der Waals surface area (Å²) < 4.78 is 0. The Balaban J connectivity index is 1.57. The molecule has 1 aliphatic heterocycles. The van der Waals surface area contributed by atoms with Gasteiger partial charge < -0.3 is 10.2 Å². The van der Waals surface area contributed by atoms with Crippen molar-refractivity contribution in [3.8, 4) is 11.1 Å². The zero-order valence-electron chi connectivity index (χ0n) is 20.5. The molecule has 5 rings (SSSR count). The summed E-state index contributed by atoms with van der Waals surface area (Å²) >= 11 is 0. The lowest BCUT2D eigenvalue weighted by Gasteiger charge is -2.27. The van der Waals surface area contributed by atoms with Gasteiger partial charge in [-0.25, -0.2) is 9.97 Å². The van der Waals surface area contributed by atoms with Crippen LogP contribution < -0.4 is 5.32 Å². The van der Waals surface area contributed by atoms with Crippen LogP contribution in [0.5, 0.6) is 0 Å². The zero-order chi connectivity index (χ0) is 24.9. The lowest BCUT2D eigenvalue weighted by Crippen LogP contribution is -2.48. The van der Waals surface area contributed by atoms with E-state index in [9.17, 15) is 14.4 Å². The third kappa shape index (κ3) is 3.98. The van der Waals surface area contributed by atoms with E-state index < -0.39 is 6.04 Å². The first-order valence-electron chi connectivity index (χ1n) is 12.1.